The van der Waals surface area contributed by atoms with Gasteiger partial charge in [-0.1, -0.05) is 12.2 Å². The molecule has 1 aromatic heterocycles. The van der Waals surface area contributed by atoms with Crippen LogP contribution in [0.15, 0.2) is 33.6 Å². The van der Waals surface area contributed by atoms with Crippen molar-refractivity contribution >= 4 is 50.2 Å². The van der Waals surface area contributed by atoms with E-state index in [2.05, 4.69) is 25.8 Å². The molecule has 1 aromatic carbocycles. The van der Waals surface area contributed by atoms with Crippen molar-refractivity contribution in [2.75, 3.05) is 11.9 Å². The molecule has 0 atom stereocenters. The maximum atomic E-state index is 5.61. The average molecular weight is 342 g/mol. The second kappa shape index (κ2) is 5.77. The summed E-state index contributed by atoms with van der Waals surface area (Å²) in [5.74, 6) is 0. The maximum Gasteiger partial charge on any atom is 0.104 e. The number of thiazole rings is 1. The fourth-order valence-corrected chi connectivity index (χ4v) is 2.97. The predicted molar refractivity (Wildman–Crippen MR) is 84.3 cm³/mol. The van der Waals surface area contributed by atoms with Gasteiger partial charge in [-0.3, -0.25) is 0 Å². The summed E-state index contributed by atoms with van der Waals surface area (Å²) >= 11 is 10.1. The van der Waals surface area contributed by atoms with Gasteiger partial charge in [0.1, 0.15) is 4.99 Å². The number of halogens is 1. The Hall–Kier alpha value is -0.980. The normalized spacial score (nSPS) is 10.3. The molecule has 2 aromatic rings. The highest BCUT2D eigenvalue weighted by molar-refractivity contribution is 9.10. The number of nitrogens with zero attached hydrogens (tertiary/aromatic N) is 2. The molecule has 0 aliphatic rings. The van der Waals surface area contributed by atoms with Gasteiger partial charge in [-0.25, -0.2) is 4.98 Å². The lowest BCUT2D eigenvalue weighted by atomic mass is 10.2. The van der Waals surface area contributed by atoms with Crippen LogP contribution in [0.1, 0.15) is 11.3 Å². The van der Waals surface area contributed by atoms with Crippen LogP contribution in [-0.4, -0.2) is 17.0 Å². The lowest BCUT2D eigenvalue weighted by Crippen LogP contribution is -2.17. The number of nitrogens with two attached hydrogens (primary N) is 1. The Balaban J connectivity index is 2.20. The van der Waals surface area contributed by atoms with Gasteiger partial charge in [-0.05, 0) is 34.1 Å². The van der Waals surface area contributed by atoms with Crippen LogP contribution in [0, 0.1) is 0 Å². The van der Waals surface area contributed by atoms with E-state index in [4.69, 9.17) is 18.0 Å². The summed E-state index contributed by atoms with van der Waals surface area (Å²) in [4.78, 5) is 6.81. The van der Waals surface area contributed by atoms with Crippen LogP contribution < -0.4 is 10.6 Å². The van der Waals surface area contributed by atoms with Gasteiger partial charge in [0.05, 0.1) is 23.4 Å². The molecule has 0 saturated heterocycles. The van der Waals surface area contributed by atoms with Gasteiger partial charge < -0.3 is 10.6 Å². The molecular weight excluding hydrogens is 330 g/mol. The Morgan fingerprint density at radius 3 is 2.89 bits per heavy atom. The molecule has 3 nitrogen and oxygen atoms in total. The van der Waals surface area contributed by atoms with Gasteiger partial charge in [0.25, 0.3) is 0 Å². The molecule has 2 rings (SSSR count). The van der Waals surface area contributed by atoms with Gasteiger partial charge >= 0.3 is 0 Å². The van der Waals surface area contributed by atoms with Crippen LogP contribution in [0.2, 0.25) is 0 Å². The quantitative estimate of drug-likeness (QED) is 0.867. The number of aromatic nitrogens is 1. The van der Waals surface area contributed by atoms with E-state index < -0.39 is 0 Å². The molecule has 94 valence electrons. The standard InChI is InChI=1S/C12H12BrN3S2/c1-16(5-9-6-18-7-15-9)11-3-2-8(12(14)17)4-10(11)13/h2-4,6-7H,5H2,1H3,(H2,14,17). The van der Waals surface area contributed by atoms with E-state index in [1.165, 1.54) is 0 Å². The van der Waals surface area contributed by atoms with Crippen LogP contribution in [0.4, 0.5) is 5.69 Å². The first-order valence-corrected chi connectivity index (χ1v) is 7.40. The summed E-state index contributed by atoms with van der Waals surface area (Å²) in [6.07, 6.45) is 0. The zero-order valence-corrected chi connectivity index (χ0v) is 13.0. The van der Waals surface area contributed by atoms with Crippen LogP contribution in [-0.2, 0) is 6.54 Å². The predicted octanol–water partition coefficient (Wildman–Crippen LogP) is 3.18. The molecule has 0 aliphatic heterocycles. The Morgan fingerprint density at radius 2 is 2.33 bits per heavy atom. The summed E-state index contributed by atoms with van der Waals surface area (Å²) in [7, 11) is 2.03. The molecule has 0 aliphatic carbocycles. The molecule has 2 N–H and O–H groups in total. The Bertz CT molecular complexity index is 554. The molecular formula is C12H12BrN3S2. The van der Waals surface area contributed by atoms with Gasteiger partial charge in [0, 0.05) is 22.5 Å². The van der Waals surface area contributed by atoms with Crippen molar-refractivity contribution in [1.82, 2.24) is 4.98 Å². The highest BCUT2D eigenvalue weighted by Gasteiger charge is 2.09. The van der Waals surface area contributed by atoms with Crippen molar-refractivity contribution < 1.29 is 0 Å². The maximum absolute atomic E-state index is 5.61. The van der Waals surface area contributed by atoms with E-state index in [0.717, 1.165) is 28.0 Å². The van der Waals surface area contributed by atoms with Crippen LogP contribution >= 0.6 is 39.5 Å². The Kier molecular flexibility index (Phi) is 4.31. The van der Waals surface area contributed by atoms with Gasteiger partial charge in [-0.15, -0.1) is 11.3 Å². The minimum Gasteiger partial charge on any atom is -0.389 e. The van der Waals surface area contributed by atoms with Gasteiger partial charge in [0.2, 0.25) is 0 Å². The first kappa shape index (κ1) is 13.5. The van der Waals surface area contributed by atoms with E-state index in [0.29, 0.717) is 4.99 Å². The average Bonchev–Trinajstić information content (AvgIpc) is 2.81. The molecule has 0 unspecified atom stereocenters. The topological polar surface area (TPSA) is 42.2 Å². The Morgan fingerprint density at radius 1 is 1.56 bits per heavy atom. The molecule has 18 heavy (non-hydrogen) atoms. The molecule has 0 spiro atoms. The number of hydrogen-bond acceptors (Lipinski definition) is 4. The lowest BCUT2D eigenvalue weighted by Gasteiger charge is -2.20. The molecule has 6 heteroatoms. The SMILES string of the molecule is CN(Cc1cscn1)c1ccc(C(N)=S)cc1Br. The van der Waals surface area contributed by atoms with Crippen molar-refractivity contribution in [2.24, 2.45) is 5.73 Å². The molecule has 0 bridgehead atoms. The van der Waals surface area contributed by atoms with E-state index >= 15 is 0 Å². The van der Waals surface area contributed by atoms with Crippen molar-refractivity contribution in [2.45, 2.75) is 6.54 Å². The zero-order chi connectivity index (χ0) is 13.1. The third-order valence-electron chi connectivity index (χ3n) is 2.53. The molecule has 0 fully saturated rings. The van der Waals surface area contributed by atoms with Crippen molar-refractivity contribution in [3.63, 3.8) is 0 Å². The smallest absolute Gasteiger partial charge is 0.104 e. The van der Waals surface area contributed by atoms with Crippen molar-refractivity contribution in [3.05, 3.63) is 44.8 Å². The number of anilines is 1. The van der Waals surface area contributed by atoms with E-state index in [1.807, 2.05) is 36.1 Å². The largest absolute Gasteiger partial charge is 0.389 e. The fourth-order valence-electron chi connectivity index (χ4n) is 1.61. The first-order valence-electron chi connectivity index (χ1n) is 5.25. The minimum atomic E-state index is 0.407. The highest BCUT2D eigenvalue weighted by atomic mass is 79.9. The van der Waals surface area contributed by atoms with E-state index in [9.17, 15) is 0 Å². The van der Waals surface area contributed by atoms with Crippen molar-refractivity contribution in [3.8, 4) is 0 Å². The summed E-state index contributed by atoms with van der Waals surface area (Å²) in [6.45, 7) is 0.772. The number of rotatable bonds is 4. The van der Waals surface area contributed by atoms with Gasteiger partial charge in [0.15, 0.2) is 0 Å². The second-order valence-electron chi connectivity index (χ2n) is 3.87. The summed E-state index contributed by atoms with van der Waals surface area (Å²) in [5, 5.41) is 2.05. The molecule has 0 radical (unpaired) electrons. The van der Waals surface area contributed by atoms with E-state index in [1.54, 1.807) is 11.3 Å². The zero-order valence-electron chi connectivity index (χ0n) is 9.76. The fraction of sp³-hybridized carbons (Fsp3) is 0.167. The molecule has 0 saturated carbocycles. The third kappa shape index (κ3) is 3.07. The highest BCUT2D eigenvalue weighted by Crippen LogP contribution is 2.27. The van der Waals surface area contributed by atoms with Crippen molar-refractivity contribution in [1.29, 1.82) is 0 Å². The second-order valence-corrected chi connectivity index (χ2v) is 5.88. The summed E-state index contributed by atoms with van der Waals surface area (Å²) in [6, 6.07) is 5.88. The number of benzene rings is 1. The summed E-state index contributed by atoms with van der Waals surface area (Å²) in [5.41, 5.74) is 10.5. The van der Waals surface area contributed by atoms with Crippen LogP contribution in [0.25, 0.3) is 0 Å². The first-order chi connectivity index (χ1) is 8.58. The van der Waals surface area contributed by atoms with Crippen LogP contribution in [0.5, 0.6) is 0 Å². The van der Waals surface area contributed by atoms with Gasteiger partial charge in [-0.2, -0.15) is 0 Å². The molecule has 1 heterocycles. The van der Waals surface area contributed by atoms with E-state index in [-0.39, 0.29) is 0 Å². The monoisotopic (exact) mass is 341 g/mol. The summed E-state index contributed by atoms with van der Waals surface area (Å²) < 4.78 is 0.977. The number of hydrogen-bond donors (Lipinski definition) is 1. The minimum absolute atomic E-state index is 0.407. The number of thiocarbonyl (C=S) groups is 1. The van der Waals surface area contributed by atoms with Crippen LogP contribution in [0.3, 0.4) is 0 Å². The third-order valence-corrected chi connectivity index (χ3v) is 4.03. The molecule has 0 amide bonds. The Labute approximate surface area is 124 Å². The lowest BCUT2D eigenvalue weighted by molar-refractivity contribution is 0.892.